The van der Waals surface area contributed by atoms with Gasteiger partial charge in [0.05, 0.1) is 6.61 Å². The highest BCUT2D eigenvalue weighted by molar-refractivity contribution is 5.79. The summed E-state index contributed by atoms with van der Waals surface area (Å²) in [5.74, 6) is 0.267. The first-order valence-corrected chi connectivity index (χ1v) is 4.73. The summed E-state index contributed by atoms with van der Waals surface area (Å²) in [5.41, 5.74) is 2.39. The molecule has 0 aromatic carbocycles. The first-order valence-electron chi connectivity index (χ1n) is 4.73. The summed E-state index contributed by atoms with van der Waals surface area (Å²) in [5, 5.41) is 0. The van der Waals surface area contributed by atoms with Crippen molar-refractivity contribution in [1.29, 1.82) is 0 Å². The molecule has 1 fully saturated rings. The number of carbonyl (C=O) groups excluding carboxylic acids is 1. The molecule has 1 aliphatic heterocycles. The minimum Gasteiger partial charge on any atom is -0.368 e. The minimum atomic E-state index is -0.299. The maximum Gasteiger partial charge on any atom is 0.272 e. The third-order valence-corrected chi connectivity index (χ3v) is 1.81. The van der Waals surface area contributed by atoms with Crippen LogP contribution in [0.15, 0.2) is 0 Å². The van der Waals surface area contributed by atoms with E-state index in [2.05, 4.69) is 5.48 Å². The van der Waals surface area contributed by atoms with Gasteiger partial charge in [0.15, 0.2) is 0 Å². The number of ether oxygens (including phenoxy) is 1. The van der Waals surface area contributed by atoms with Gasteiger partial charge < -0.3 is 4.74 Å². The zero-order valence-electron chi connectivity index (χ0n) is 8.21. The lowest BCUT2D eigenvalue weighted by molar-refractivity contribution is -0.143. The second-order valence-electron chi connectivity index (χ2n) is 3.67. The van der Waals surface area contributed by atoms with Crippen LogP contribution in [0, 0.1) is 5.92 Å². The quantitative estimate of drug-likeness (QED) is 0.664. The molecule has 4 heteroatoms. The largest absolute Gasteiger partial charge is 0.368 e. The predicted molar refractivity (Wildman–Crippen MR) is 47.9 cm³/mol. The average molecular weight is 187 g/mol. The van der Waals surface area contributed by atoms with Crippen molar-refractivity contribution < 1.29 is 14.4 Å². The molecular formula is C9H17NO3. The summed E-state index contributed by atoms with van der Waals surface area (Å²) in [6.07, 6.45) is 1.46. The molecule has 0 aromatic rings. The van der Waals surface area contributed by atoms with Crippen molar-refractivity contribution in [2.75, 3.05) is 13.2 Å². The topological polar surface area (TPSA) is 47.6 Å². The van der Waals surface area contributed by atoms with Gasteiger partial charge in [0, 0.05) is 6.61 Å². The van der Waals surface area contributed by atoms with Crippen LogP contribution in [0.1, 0.15) is 26.7 Å². The minimum absolute atomic E-state index is 0.154. The van der Waals surface area contributed by atoms with E-state index in [9.17, 15) is 4.79 Å². The maximum atomic E-state index is 11.3. The molecule has 0 bridgehead atoms. The predicted octanol–water partition coefficient (Wildman–Crippen LogP) is 0.869. The molecular weight excluding hydrogens is 170 g/mol. The van der Waals surface area contributed by atoms with E-state index in [1.54, 1.807) is 0 Å². The van der Waals surface area contributed by atoms with E-state index in [0.717, 1.165) is 12.8 Å². The van der Waals surface area contributed by atoms with Gasteiger partial charge in [-0.3, -0.25) is 9.63 Å². The molecule has 0 saturated carbocycles. The van der Waals surface area contributed by atoms with Crippen LogP contribution >= 0.6 is 0 Å². The molecule has 13 heavy (non-hydrogen) atoms. The Morgan fingerprint density at radius 1 is 1.69 bits per heavy atom. The third kappa shape index (κ3) is 3.74. The van der Waals surface area contributed by atoms with Gasteiger partial charge in [-0.2, -0.15) is 0 Å². The van der Waals surface area contributed by atoms with Gasteiger partial charge in [-0.15, -0.1) is 0 Å². The molecule has 0 aliphatic carbocycles. The van der Waals surface area contributed by atoms with E-state index in [1.807, 2.05) is 13.8 Å². The fraction of sp³-hybridized carbons (Fsp3) is 0.889. The van der Waals surface area contributed by atoms with Crippen LogP contribution in [0.3, 0.4) is 0 Å². The highest BCUT2D eigenvalue weighted by atomic mass is 16.7. The molecule has 1 atom stereocenters. The number of nitrogens with one attached hydrogen (secondary N) is 1. The molecule has 0 spiro atoms. The van der Waals surface area contributed by atoms with Crippen LogP contribution < -0.4 is 5.48 Å². The molecule has 76 valence electrons. The van der Waals surface area contributed by atoms with Crippen molar-refractivity contribution in [2.45, 2.75) is 32.8 Å². The van der Waals surface area contributed by atoms with Gasteiger partial charge in [0.2, 0.25) is 0 Å². The van der Waals surface area contributed by atoms with Gasteiger partial charge in [0.1, 0.15) is 6.10 Å². The summed E-state index contributed by atoms with van der Waals surface area (Å²) < 4.78 is 5.18. The summed E-state index contributed by atoms with van der Waals surface area (Å²) in [6, 6.07) is 0. The van der Waals surface area contributed by atoms with Crippen molar-refractivity contribution in [3.05, 3.63) is 0 Å². The van der Waals surface area contributed by atoms with Gasteiger partial charge in [-0.25, -0.2) is 5.48 Å². The molecule has 0 radical (unpaired) electrons. The molecule has 1 amide bonds. The fourth-order valence-electron chi connectivity index (χ4n) is 1.13. The lowest BCUT2D eigenvalue weighted by Crippen LogP contribution is -2.34. The molecule has 1 rings (SSSR count). The van der Waals surface area contributed by atoms with E-state index in [-0.39, 0.29) is 12.0 Å². The Balaban J connectivity index is 2.10. The van der Waals surface area contributed by atoms with Crippen molar-refractivity contribution in [1.82, 2.24) is 5.48 Å². The smallest absolute Gasteiger partial charge is 0.272 e. The number of hydrogen-bond donors (Lipinski definition) is 1. The lowest BCUT2D eigenvalue weighted by Gasteiger charge is -2.11. The van der Waals surface area contributed by atoms with Crippen molar-refractivity contribution in [3.63, 3.8) is 0 Å². The van der Waals surface area contributed by atoms with E-state index in [0.29, 0.717) is 19.1 Å². The molecule has 1 saturated heterocycles. The van der Waals surface area contributed by atoms with Crippen molar-refractivity contribution >= 4 is 5.91 Å². The Morgan fingerprint density at radius 3 is 3.00 bits per heavy atom. The standard InChI is InChI=1S/C9H17NO3/c1-7(2)6-13-10-9(11)8-4-3-5-12-8/h7-8H,3-6H2,1-2H3,(H,10,11)/t8-/m1/s1. The van der Waals surface area contributed by atoms with E-state index in [4.69, 9.17) is 9.57 Å². The highest BCUT2D eigenvalue weighted by Gasteiger charge is 2.23. The van der Waals surface area contributed by atoms with Crippen LogP contribution in [0.25, 0.3) is 0 Å². The number of carbonyl (C=O) groups is 1. The first-order chi connectivity index (χ1) is 6.20. The van der Waals surface area contributed by atoms with E-state index >= 15 is 0 Å². The molecule has 1 aliphatic rings. The van der Waals surface area contributed by atoms with Crippen molar-refractivity contribution in [3.8, 4) is 0 Å². The van der Waals surface area contributed by atoms with Crippen molar-refractivity contribution in [2.24, 2.45) is 5.92 Å². The summed E-state index contributed by atoms with van der Waals surface area (Å²) in [4.78, 5) is 16.3. The molecule has 0 unspecified atom stereocenters. The average Bonchev–Trinajstić information content (AvgIpc) is 2.55. The van der Waals surface area contributed by atoms with Crippen LogP contribution in [0.2, 0.25) is 0 Å². The van der Waals surface area contributed by atoms with Gasteiger partial charge in [0.25, 0.3) is 5.91 Å². The molecule has 4 nitrogen and oxygen atoms in total. The molecule has 1 heterocycles. The van der Waals surface area contributed by atoms with Crippen LogP contribution in [-0.4, -0.2) is 25.2 Å². The van der Waals surface area contributed by atoms with Crippen LogP contribution in [0.5, 0.6) is 0 Å². The first kappa shape index (κ1) is 10.5. The molecule has 1 N–H and O–H groups in total. The highest BCUT2D eigenvalue weighted by Crippen LogP contribution is 2.11. The SMILES string of the molecule is CC(C)CONC(=O)[C@H]1CCCO1. The van der Waals surface area contributed by atoms with Crippen LogP contribution in [-0.2, 0) is 14.4 Å². The normalized spacial score (nSPS) is 22.2. The number of rotatable bonds is 4. The summed E-state index contributed by atoms with van der Waals surface area (Å²) >= 11 is 0. The number of amides is 1. The Morgan fingerprint density at radius 2 is 2.46 bits per heavy atom. The zero-order chi connectivity index (χ0) is 9.68. The monoisotopic (exact) mass is 187 g/mol. The second-order valence-corrected chi connectivity index (χ2v) is 3.67. The Labute approximate surface area is 78.5 Å². The summed E-state index contributed by atoms with van der Waals surface area (Å²) in [6.45, 7) is 5.27. The molecule has 0 aromatic heterocycles. The fourth-order valence-corrected chi connectivity index (χ4v) is 1.13. The van der Waals surface area contributed by atoms with E-state index in [1.165, 1.54) is 0 Å². The Hall–Kier alpha value is -0.610. The van der Waals surface area contributed by atoms with E-state index < -0.39 is 0 Å². The second kappa shape index (κ2) is 5.19. The third-order valence-electron chi connectivity index (χ3n) is 1.81. The number of hydroxylamine groups is 1. The van der Waals surface area contributed by atoms with Gasteiger partial charge in [-0.05, 0) is 18.8 Å². The maximum absolute atomic E-state index is 11.3. The lowest BCUT2D eigenvalue weighted by atomic mass is 10.2. The Bertz CT molecular complexity index is 164. The summed E-state index contributed by atoms with van der Waals surface area (Å²) in [7, 11) is 0. The van der Waals surface area contributed by atoms with Gasteiger partial charge in [-0.1, -0.05) is 13.8 Å². The zero-order valence-corrected chi connectivity index (χ0v) is 8.21. The Kier molecular flexibility index (Phi) is 4.18. The van der Waals surface area contributed by atoms with Gasteiger partial charge >= 0.3 is 0 Å². The van der Waals surface area contributed by atoms with Crippen LogP contribution in [0.4, 0.5) is 0 Å². The number of hydrogen-bond acceptors (Lipinski definition) is 3.